The SMILES string of the molecule is CC(N)CCCC(=O)NCC(C)CCO. The molecule has 0 aliphatic carbocycles. The van der Waals surface area contributed by atoms with E-state index in [-0.39, 0.29) is 18.6 Å². The smallest absolute Gasteiger partial charge is 0.220 e. The van der Waals surface area contributed by atoms with E-state index in [1.165, 1.54) is 0 Å². The fraction of sp³-hybridized carbons (Fsp3) is 0.909. The van der Waals surface area contributed by atoms with Gasteiger partial charge in [0.1, 0.15) is 0 Å². The summed E-state index contributed by atoms with van der Waals surface area (Å²) in [5, 5.41) is 11.5. The van der Waals surface area contributed by atoms with Crippen molar-refractivity contribution in [3.8, 4) is 0 Å². The first-order chi connectivity index (χ1) is 7.06. The van der Waals surface area contributed by atoms with Crippen LogP contribution in [0.25, 0.3) is 0 Å². The third-order valence-corrected chi connectivity index (χ3v) is 2.33. The molecule has 1 amide bonds. The third kappa shape index (κ3) is 9.69. The van der Waals surface area contributed by atoms with Crippen LogP contribution in [0.5, 0.6) is 0 Å². The lowest BCUT2D eigenvalue weighted by molar-refractivity contribution is -0.121. The lowest BCUT2D eigenvalue weighted by atomic mass is 10.1. The largest absolute Gasteiger partial charge is 0.396 e. The van der Waals surface area contributed by atoms with Crippen LogP contribution >= 0.6 is 0 Å². The van der Waals surface area contributed by atoms with Crippen LogP contribution in [0, 0.1) is 5.92 Å². The minimum Gasteiger partial charge on any atom is -0.396 e. The second kappa shape index (κ2) is 8.68. The second-order valence-electron chi connectivity index (χ2n) is 4.29. The van der Waals surface area contributed by atoms with Gasteiger partial charge in [-0.1, -0.05) is 6.92 Å². The maximum absolute atomic E-state index is 11.3. The molecule has 90 valence electrons. The molecular weight excluding hydrogens is 192 g/mol. The van der Waals surface area contributed by atoms with Crippen LogP contribution in [-0.4, -0.2) is 30.2 Å². The summed E-state index contributed by atoms with van der Waals surface area (Å²) in [6, 6.07) is 0.172. The van der Waals surface area contributed by atoms with Gasteiger partial charge >= 0.3 is 0 Å². The minimum absolute atomic E-state index is 0.0837. The maximum atomic E-state index is 11.3. The van der Waals surface area contributed by atoms with Crippen molar-refractivity contribution in [2.75, 3.05) is 13.2 Å². The van der Waals surface area contributed by atoms with E-state index in [0.29, 0.717) is 18.9 Å². The summed E-state index contributed by atoms with van der Waals surface area (Å²) in [5.74, 6) is 0.424. The maximum Gasteiger partial charge on any atom is 0.220 e. The molecule has 2 unspecified atom stereocenters. The Balaban J connectivity index is 3.40. The van der Waals surface area contributed by atoms with E-state index >= 15 is 0 Å². The zero-order valence-corrected chi connectivity index (χ0v) is 9.83. The quantitative estimate of drug-likeness (QED) is 0.557. The number of aliphatic hydroxyl groups excluding tert-OH is 1. The predicted octanol–water partition coefficient (Wildman–Crippen LogP) is 0.639. The van der Waals surface area contributed by atoms with Crippen molar-refractivity contribution < 1.29 is 9.90 Å². The molecule has 0 aliphatic rings. The van der Waals surface area contributed by atoms with Gasteiger partial charge in [0.2, 0.25) is 5.91 Å². The van der Waals surface area contributed by atoms with Gasteiger partial charge in [0.05, 0.1) is 0 Å². The Bertz CT molecular complexity index is 172. The van der Waals surface area contributed by atoms with Gasteiger partial charge in [-0.15, -0.1) is 0 Å². The number of carbonyl (C=O) groups excluding carboxylic acids is 1. The summed E-state index contributed by atoms with van der Waals surface area (Å²) in [6.07, 6.45) is 3.02. The summed E-state index contributed by atoms with van der Waals surface area (Å²) in [5.41, 5.74) is 5.58. The van der Waals surface area contributed by atoms with Crippen LogP contribution < -0.4 is 11.1 Å². The van der Waals surface area contributed by atoms with Gasteiger partial charge in [0.15, 0.2) is 0 Å². The van der Waals surface area contributed by atoms with Crippen LogP contribution in [0.4, 0.5) is 0 Å². The number of hydrogen-bond acceptors (Lipinski definition) is 3. The number of hydrogen-bond donors (Lipinski definition) is 3. The van der Waals surface area contributed by atoms with Gasteiger partial charge in [-0.05, 0) is 32.1 Å². The molecule has 0 saturated heterocycles. The van der Waals surface area contributed by atoms with E-state index in [1.807, 2.05) is 13.8 Å². The Morgan fingerprint density at radius 3 is 2.60 bits per heavy atom. The number of nitrogens with two attached hydrogens (primary N) is 1. The Labute approximate surface area is 92.2 Å². The highest BCUT2D eigenvalue weighted by molar-refractivity contribution is 5.75. The first kappa shape index (κ1) is 14.4. The monoisotopic (exact) mass is 216 g/mol. The topological polar surface area (TPSA) is 75.4 Å². The standard InChI is InChI=1S/C11H24N2O2/c1-9(6-7-14)8-13-11(15)5-3-4-10(2)12/h9-10,14H,3-8,12H2,1-2H3,(H,13,15). The van der Waals surface area contributed by atoms with E-state index in [1.54, 1.807) is 0 Å². The summed E-state index contributed by atoms with van der Waals surface area (Å²) in [6.45, 7) is 4.79. The fourth-order valence-corrected chi connectivity index (χ4v) is 1.28. The van der Waals surface area contributed by atoms with Crippen molar-refractivity contribution in [2.45, 2.75) is 45.6 Å². The van der Waals surface area contributed by atoms with Crippen LogP contribution in [0.15, 0.2) is 0 Å². The molecule has 0 aromatic heterocycles. The number of rotatable bonds is 8. The van der Waals surface area contributed by atoms with Gasteiger partial charge in [-0.2, -0.15) is 0 Å². The molecule has 2 atom stereocenters. The summed E-state index contributed by atoms with van der Waals surface area (Å²) in [7, 11) is 0. The predicted molar refractivity (Wildman–Crippen MR) is 61.4 cm³/mol. The van der Waals surface area contributed by atoms with Crippen molar-refractivity contribution in [3.63, 3.8) is 0 Å². The van der Waals surface area contributed by atoms with Gasteiger partial charge in [-0.25, -0.2) is 0 Å². The van der Waals surface area contributed by atoms with Crippen LogP contribution in [0.3, 0.4) is 0 Å². The molecule has 0 spiro atoms. The molecule has 0 aromatic carbocycles. The first-order valence-corrected chi connectivity index (χ1v) is 5.69. The van der Waals surface area contributed by atoms with Gasteiger partial charge < -0.3 is 16.2 Å². The van der Waals surface area contributed by atoms with Crippen molar-refractivity contribution in [3.05, 3.63) is 0 Å². The molecule has 15 heavy (non-hydrogen) atoms. The molecule has 0 rings (SSSR count). The van der Waals surface area contributed by atoms with E-state index in [2.05, 4.69) is 5.32 Å². The highest BCUT2D eigenvalue weighted by Crippen LogP contribution is 2.00. The van der Waals surface area contributed by atoms with E-state index in [0.717, 1.165) is 19.3 Å². The average Bonchev–Trinajstić information content (AvgIpc) is 2.14. The molecule has 0 saturated carbocycles. The molecule has 0 heterocycles. The van der Waals surface area contributed by atoms with Crippen molar-refractivity contribution in [1.29, 1.82) is 0 Å². The average molecular weight is 216 g/mol. The van der Waals surface area contributed by atoms with Gasteiger partial charge in [-0.3, -0.25) is 4.79 Å². The Morgan fingerprint density at radius 1 is 1.40 bits per heavy atom. The zero-order valence-electron chi connectivity index (χ0n) is 9.83. The molecule has 0 bridgehead atoms. The molecule has 0 aliphatic heterocycles. The lowest BCUT2D eigenvalue weighted by Gasteiger charge is -2.11. The number of amides is 1. The van der Waals surface area contributed by atoms with E-state index in [9.17, 15) is 4.79 Å². The van der Waals surface area contributed by atoms with Crippen molar-refractivity contribution in [1.82, 2.24) is 5.32 Å². The Kier molecular flexibility index (Phi) is 8.33. The summed E-state index contributed by atoms with van der Waals surface area (Å²) < 4.78 is 0. The molecule has 0 radical (unpaired) electrons. The first-order valence-electron chi connectivity index (χ1n) is 5.69. The van der Waals surface area contributed by atoms with Crippen LogP contribution in [-0.2, 0) is 4.79 Å². The molecule has 0 fully saturated rings. The highest BCUT2D eigenvalue weighted by atomic mass is 16.3. The highest BCUT2D eigenvalue weighted by Gasteiger charge is 2.05. The van der Waals surface area contributed by atoms with Crippen molar-refractivity contribution in [2.24, 2.45) is 11.7 Å². The van der Waals surface area contributed by atoms with E-state index in [4.69, 9.17) is 10.8 Å². The molecule has 4 heteroatoms. The number of carbonyl (C=O) groups is 1. The number of nitrogens with one attached hydrogen (secondary N) is 1. The third-order valence-electron chi connectivity index (χ3n) is 2.33. The molecule has 4 nitrogen and oxygen atoms in total. The Morgan fingerprint density at radius 2 is 2.07 bits per heavy atom. The number of aliphatic hydroxyl groups is 1. The summed E-state index contributed by atoms with van der Waals surface area (Å²) in [4.78, 5) is 11.3. The molecule has 0 aromatic rings. The second-order valence-corrected chi connectivity index (χ2v) is 4.29. The van der Waals surface area contributed by atoms with Crippen molar-refractivity contribution >= 4 is 5.91 Å². The Hall–Kier alpha value is -0.610. The lowest BCUT2D eigenvalue weighted by Crippen LogP contribution is -2.28. The summed E-state index contributed by atoms with van der Waals surface area (Å²) >= 11 is 0. The van der Waals surface area contributed by atoms with Gasteiger partial charge in [0.25, 0.3) is 0 Å². The van der Waals surface area contributed by atoms with E-state index < -0.39 is 0 Å². The van der Waals surface area contributed by atoms with Crippen LogP contribution in [0.1, 0.15) is 39.5 Å². The minimum atomic E-state index is 0.0837. The molecular formula is C11H24N2O2. The fourth-order valence-electron chi connectivity index (χ4n) is 1.28. The zero-order chi connectivity index (χ0) is 11.7. The van der Waals surface area contributed by atoms with Gasteiger partial charge in [0, 0.05) is 25.6 Å². The molecule has 4 N–H and O–H groups in total. The normalized spacial score (nSPS) is 14.7. The van der Waals surface area contributed by atoms with Crippen LogP contribution in [0.2, 0.25) is 0 Å².